The lowest BCUT2D eigenvalue weighted by Gasteiger charge is -2.15. The molecule has 0 bridgehead atoms. The van der Waals surface area contributed by atoms with Crippen LogP contribution < -0.4 is 5.56 Å². The quantitative estimate of drug-likeness (QED) is 0.416. The molecule has 144 valence electrons. The van der Waals surface area contributed by atoms with Crippen LogP contribution in [0.5, 0.6) is 0 Å². The molecule has 0 aliphatic heterocycles. The minimum absolute atomic E-state index is 0.127. The molecule has 3 aromatic rings. The summed E-state index contributed by atoms with van der Waals surface area (Å²) in [6, 6.07) is 12.8. The maximum Gasteiger partial charge on any atom is 0.278 e. The maximum atomic E-state index is 12.6. The highest BCUT2D eigenvalue weighted by molar-refractivity contribution is 6.76. The Balaban J connectivity index is 1.61. The molecule has 0 spiro atoms. The van der Waals surface area contributed by atoms with Crippen molar-refractivity contribution in [1.29, 1.82) is 0 Å². The van der Waals surface area contributed by atoms with Crippen LogP contribution in [0.3, 0.4) is 0 Å². The Hall–Kier alpha value is -2.22. The summed E-state index contributed by atoms with van der Waals surface area (Å²) in [5.41, 5.74) is 1.70. The summed E-state index contributed by atoms with van der Waals surface area (Å²) >= 11 is 0. The van der Waals surface area contributed by atoms with E-state index in [-0.39, 0.29) is 12.3 Å². The first-order chi connectivity index (χ1) is 12.9. The largest absolute Gasteiger partial charge is 0.361 e. The fourth-order valence-electron chi connectivity index (χ4n) is 2.70. The molecule has 0 aliphatic rings. The van der Waals surface area contributed by atoms with Gasteiger partial charge in [0, 0.05) is 20.9 Å². The summed E-state index contributed by atoms with van der Waals surface area (Å²) in [6.45, 7) is 8.73. The summed E-state index contributed by atoms with van der Waals surface area (Å²) in [5.74, 6) is 0. The summed E-state index contributed by atoms with van der Waals surface area (Å²) in [4.78, 5) is 12.6. The molecule has 6 nitrogen and oxygen atoms in total. The van der Waals surface area contributed by atoms with Gasteiger partial charge < -0.3 is 14.0 Å². The van der Waals surface area contributed by atoms with E-state index in [1.807, 2.05) is 47.2 Å². The van der Waals surface area contributed by atoms with Crippen LogP contribution in [-0.2, 0) is 29.5 Å². The van der Waals surface area contributed by atoms with Crippen molar-refractivity contribution in [3.63, 3.8) is 0 Å². The molecule has 0 unspecified atom stereocenters. The number of fused-ring (bicyclic) bond motifs is 1. The van der Waals surface area contributed by atoms with Gasteiger partial charge in [-0.15, -0.1) is 0 Å². The Labute approximate surface area is 160 Å². The first-order valence-corrected chi connectivity index (χ1v) is 12.9. The summed E-state index contributed by atoms with van der Waals surface area (Å²) in [6.07, 6.45) is 3.57. The van der Waals surface area contributed by atoms with Gasteiger partial charge >= 0.3 is 0 Å². The molecule has 3 rings (SSSR count). The molecule has 0 N–H and O–H groups in total. The third kappa shape index (κ3) is 5.38. The lowest BCUT2D eigenvalue weighted by Crippen LogP contribution is -2.24. The maximum absolute atomic E-state index is 12.6. The van der Waals surface area contributed by atoms with Crippen LogP contribution in [0.1, 0.15) is 5.56 Å². The second kappa shape index (κ2) is 8.64. The third-order valence-corrected chi connectivity index (χ3v) is 6.05. The average Bonchev–Trinajstić information content (AvgIpc) is 3.05. The minimum atomic E-state index is -1.10. The molecule has 0 amide bonds. The highest BCUT2D eigenvalue weighted by atomic mass is 28.3. The second-order valence-corrected chi connectivity index (χ2v) is 13.5. The van der Waals surface area contributed by atoms with Crippen LogP contribution in [-0.4, -0.2) is 29.0 Å². The van der Waals surface area contributed by atoms with Crippen LogP contribution in [0.2, 0.25) is 25.7 Å². The van der Waals surface area contributed by atoms with E-state index >= 15 is 0 Å². The van der Waals surface area contributed by atoms with Gasteiger partial charge in [0.25, 0.3) is 5.56 Å². The van der Waals surface area contributed by atoms with E-state index in [0.29, 0.717) is 18.7 Å². The van der Waals surface area contributed by atoms with Crippen molar-refractivity contribution in [1.82, 2.24) is 14.3 Å². The van der Waals surface area contributed by atoms with Gasteiger partial charge in [0.2, 0.25) is 0 Å². The number of benzene rings is 1. The van der Waals surface area contributed by atoms with Gasteiger partial charge in [-0.2, -0.15) is 5.10 Å². The summed E-state index contributed by atoms with van der Waals surface area (Å²) in [5, 5.41) is 4.87. The molecule has 1 aromatic carbocycles. The Morgan fingerprint density at radius 2 is 1.81 bits per heavy atom. The van der Waals surface area contributed by atoms with Gasteiger partial charge in [-0.25, -0.2) is 4.68 Å². The molecule has 0 aliphatic carbocycles. The molecule has 7 heteroatoms. The molecule has 0 atom stereocenters. The standard InChI is InChI=1S/C20H27N3O3Si/c1-27(2,3)12-11-25-15-22-10-9-18-19(22)13-21-23(20(18)24)16-26-14-17-7-5-4-6-8-17/h4-10,13H,11-12,14-16H2,1-3H3. The van der Waals surface area contributed by atoms with Gasteiger partial charge in [0.05, 0.1) is 23.7 Å². The molecule has 2 aromatic heterocycles. The van der Waals surface area contributed by atoms with E-state index < -0.39 is 8.07 Å². The fraction of sp³-hybridized carbons (Fsp3) is 0.400. The van der Waals surface area contributed by atoms with E-state index in [4.69, 9.17) is 9.47 Å². The van der Waals surface area contributed by atoms with Crippen LogP contribution in [0.25, 0.3) is 10.9 Å². The monoisotopic (exact) mass is 385 g/mol. The molecule has 0 fully saturated rings. The predicted octanol–water partition coefficient (Wildman–Crippen LogP) is 3.68. The molecular formula is C20H27N3O3Si. The number of nitrogens with zero attached hydrogens (tertiary/aromatic N) is 3. The highest BCUT2D eigenvalue weighted by Crippen LogP contribution is 2.12. The Kier molecular flexibility index (Phi) is 6.25. The Morgan fingerprint density at radius 1 is 1.04 bits per heavy atom. The molecule has 0 saturated heterocycles. The summed E-state index contributed by atoms with van der Waals surface area (Å²) in [7, 11) is -1.10. The molecule has 0 radical (unpaired) electrons. The van der Waals surface area contributed by atoms with Gasteiger partial charge in [-0.1, -0.05) is 50.0 Å². The number of hydrogen-bond donors (Lipinski definition) is 0. The van der Waals surface area contributed by atoms with Crippen molar-refractivity contribution in [2.24, 2.45) is 0 Å². The van der Waals surface area contributed by atoms with E-state index in [1.54, 1.807) is 6.20 Å². The summed E-state index contributed by atoms with van der Waals surface area (Å²) < 4.78 is 14.7. The smallest absolute Gasteiger partial charge is 0.278 e. The number of hydrogen-bond acceptors (Lipinski definition) is 4. The highest BCUT2D eigenvalue weighted by Gasteiger charge is 2.13. The lowest BCUT2D eigenvalue weighted by molar-refractivity contribution is 0.0532. The van der Waals surface area contributed by atoms with E-state index in [2.05, 4.69) is 24.7 Å². The molecule has 27 heavy (non-hydrogen) atoms. The van der Waals surface area contributed by atoms with Crippen LogP contribution >= 0.6 is 0 Å². The van der Waals surface area contributed by atoms with Crippen molar-refractivity contribution in [3.8, 4) is 0 Å². The number of ether oxygens (including phenoxy) is 2. The number of rotatable bonds is 9. The first-order valence-electron chi connectivity index (χ1n) is 9.18. The van der Waals surface area contributed by atoms with Crippen molar-refractivity contribution in [3.05, 3.63) is 64.7 Å². The first kappa shape index (κ1) is 19.5. The van der Waals surface area contributed by atoms with E-state index in [0.717, 1.165) is 23.7 Å². The van der Waals surface area contributed by atoms with Crippen molar-refractivity contribution < 1.29 is 9.47 Å². The average molecular weight is 386 g/mol. The zero-order valence-electron chi connectivity index (χ0n) is 16.2. The minimum Gasteiger partial charge on any atom is -0.361 e. The zero-order valence-corrected chi connectivity index (χ0v) is 17.2. The molecule has 2 heterocycles. The normalized spacial score (nSPS) is 12.0. The van der Waals surface area contributed by atoms with Gasteiger partial charge in [-0.05, 0) is 17.7 Å². The van der Waals surface area contributed by atoms with Gasteiger partial charge in [0.15, 0.2) is 0 Å². The van der Waals surface area contributed by atoms with E-state index in [9.17, 15) is 4.79 Å². The predicted molar refractivity (Wildman–Crippen MR) is 109 cm³/mol. The molecule has 0 saturated carbocycles. The number of aromatic nitrogens is 3. The van der Waals surface area contributed by atoms with Crippen LogP contribution in [0.4, 0.5) is 0 Å². The van der Waals surface area contributed by atoms with Crippen LogP contribution in [0.15, 0.2) is 53.6 Å². The second-order valence-electron chi connectivity index (χ2n) is 7.84. The van der Waals surface area contributed by atoms with Gasteiger partial charge in [-0.3, -0.25) is 4.79 Å². The molecular weight excluding hydrogens is 358 g/mol. The fourth-order valence-corrected chi connectivity index (χ4v) is 3.45. The van der Waals surface area contributed by atoms with Crippen LogP contribution in [0, 0.1) is 0 Å². The third-order valence-electron chi connectivity index (χ3n) is 4.34. The van der Waals surface area contributed by atoms with Crippen molar-refractivity contribution >= 4 is 19.0 Å². The topological polar surface area (TPSA) is 58.3 Å². The van der Waals surface area contributed by atoms with E-state index in [1.165, 1.54) is 4.68 Å². The van der Waals surface area contributed by atoms with Crippen molar-refractivity contribution in [2.45, 2.75) is 45.8 Å². The Bertz CT molecular complexity index is 929. The zero-order chi connectivity index (χ0) is 19.3. The lowest BCUT2D eigenvalue weighted by atomic mass is 10.2. The van der Waals surface area contributed by atoms with Crippen molar-refractivity contribution in [2.75, 3.05) is 6.61 Å². The Morgan fingerprint density at radius 3 is 2.56 bits per heavy atom. The van der Waals surface area contributed by atoms with Gasteiger partial charge in [0.1, 0.15) is 13.5 Å². The SMILES string of the molecule is C[Si](C)(C)CCOCn1ccc2c(=O)n(COCc3ccccc3)ncc21.